The zero-order valence-electron chi connectivity index (χ0n) is 3.52. The average molecular weight is 154 g/mol. The Balaban J connectivity index is -0.00000000571. The lowest BCUT2D eigenvalue weighted by Gasteiger charge is -1.56. The fourth-order valence-electron chi connectivity index (χ4n) is 0. The molecule has 4 heteroatoms. The average Bonchev–Trinajstić information content (AvgIpc) is 1.39. The maximum Gasteiger partial charge on any atom is 0.0765 e. The van der Waals surface area contributed by atoms with Crippen LogP contribution in [0.15, 0.2) is 0 Å². The number of hydrogen-bond donors (Lipinski definition) is 4. The molecule has 0 aromatic carbocycles. The third-order valence-electron chi connectivity index (χ3n) is 0. The van der Waals surface area contributed by atoms with E-state index in [1.54, 1.807) is 0 Å². The molecule has 0 heterocycles. The van der Waals surface area contributed by atoms with Crippen LogP contribution in [0, 0.1) is 5.41 Å². The Hall–Kier alpha value is -0.610. The fourth-order valence-corrected chi connectivity index (χ4v) is 0. The third-order valence-corrected chi connectivity index (χ3v) is 0. The van der Waals surface area contributed by atoms with Crippen molar-refractivity contribution >= 4 is 6.34 Å². The van der Waals surface area contributed by atoms with Gasteiger partial charge in [0, 0.05) is 6.67 Å². The molecule has 0 unspecified atom stereocenters. The van der Waals surface area contributed by atoms with E-state index in [1.807, 2.05) is 0 Å². The Morgan fingerprint density at radius 1 is 1.00 bits per heavy atom. The van der Waals surface area contributed by atoms with Crippen molar-refractivity contribution in [2.45, 2.75) is 29.7 Å². The lowest BCUT2D eigenvalue weighted by atomic mass is 11.3. The molecule has 0 saturated carbocycles. The minimum atomic E-state index is 0. The molecule has 0 bridgehead atoms. The van der Waals surface area contributed by atoms with Gasteiger partial charge in [-0.1, -0.05) is 29.7 Å². The number of nitrogens with one attached hydrogen (secondary N) is 1. The van der Waals surface area contributed by atoms with Gasteiger partial charge in [0.15, 0.2) is 0 Å². The lowest BCUT2D eigenvalue weighted by Crippen LogP contribution is -2.08. The van der Waals surface area contributed by atoms with Gasteiger partial charge in [0.25, 0.3) is 0 Å². The normalized spacial score (nSPS) is 3.00. The van der Waals surface area contributed by atoms with Gasteiger partial charge >= 0.3 is 0 Å². The minimum Gasteiger partial charge on any atom is -0.390 e. The van der Waals surface area contributed by atoms with Gasteiger partial charge in [-0.3, -0.25) is 5.41 Å². The predicted molar refractivity (Wildman–Crippen MR) is 53.1 cm³/mol. The zero-order valence-corrected chi connectivity index (χ0v) is 3.52. The van der Waals surface area contributed by atoms with Gasteiger partial charge in [0.1, 0.15) is 0 Å². The lowest BCUT2D eigenvalue weighted by molar-refractivity contribution is 1.07. The molecule has 0 atom stereocenters. The monoisotopic (exact) mass is 154 g/mol. The van der Waals surface area contributed by atoms with Crippen LogP contribution in [0.5, 0.6) is 0 Å². The van der Waals surface area contributed by atoms with Crippen molar-refractivity contribution in [2.24, 2.45) is 17.2 Å². The van der Waals surface area contributed by atoms with Gasteiger partial charge in [-0.25, -0.2) is 0 Å². The second kappa shape index (κ2) is 237. The van der Waals surface area contributed by atoms with Crippen LogP contribution in [0.2, 0.25) is 0 Å². The maximum absolute atomic E-state index is 5.86. The first-order valence-corrected chi connectivity index (χ1v) is 1.44. The second-order valence-corrected chi connectivity index (χ2v) is 0.402. The van der Waals surface area contributed by atoms with Gasteiger partial charge in [-0.05, 0) is 0 Å². The highest BCUT2D eigenvalue weighted by atomic mass is 14.7. The molecule has 0 aliphatic heterocycles. The molecular weight excluding hydrogens is 128 g/mol. The summed E-state index contributed by atoms with van der Waals surface area (Å²) in [6.07, 6.45) is 0.750. The van der Waals surface area contributed by atoms with Crippen molar-refractivity contribution < 1.29 is 0 Å². The van der Waals surface area contributed by atoms with E-state index in [9.17, 15) is 0 Å². The summed E-state index contributed by atoms with van der Waals surface area (Å²) in [7, 11) is 0. The van der Waals surface area contributed by atoms with Crippen LogP contribution in [0.25, 0.3) is 0 Å². The van der Waals surface area contributed by atoms with E-state index < -0.39 is 0 Å². The highest BCUT2D eigenvalue weighted by molar-refractivity contribution is 5.46. The Kier molecular flexibility index (Phi) is 1360. The van der Waals surface area contributed by atoms with Crippen molar-refractivity contribution in [1.82, 2.24) is 0 Å². The smallest absolute Gasteiger partial charge is 0.0765 e. The Labute approximate surface area is 66.3 Å². The molecule has 4 nitrogen and oxygen atoms in total. The first kappa shape index (κ1) is 57.5. The topological polar surface area (TPSA) is 102 Å². The third kappa shape index (κ3) is 811. The number of nitrogens with two attached hydrogens (primary N) is 3. The molecule has 0 fully saturated rings. The first-order valence-electron chi connectivity index (χ1n) is 1.44. The van der Waals surface area contributed by atoms with Crippen molar-refractivity contribution in [3.63, 3.8) is 0 Å². The van der Waals surface area contributed by atoms with Crippen LogP contribution >= 0.6 is 0 Å². The van der Waals surface area contributed by atoms with Crippen LogP contribution in [0.1, 0.15) is 29.7 Å². The summed E-state index contributed by atoms with van der Waals surface area (Å²) in [4.78, 5) is 0. The highest BCUT2D eigenvalue weighted by Gasteiger charge is 1.29. The molecule has 0 saturated heterocycles. The summed E-state index contributed by atoms with van der Waals surface area (Å²) in [5.74, 6) is 0. The Morgan fingerprint density at radius 2 is 1.00 bits per heavy atom. The first-order chi connectivity index (χ1) is 2.83. The molecule has 10 heavy (non-hydrogen) atoms. The molecule has 0 aliphatic carbocycles. The summed E-state index contributed by atoms with van der Waals surface area (Å²) in [5, 5.41) is 5.86. The summed E-state index contributed by atoms with van der Waals surface area (Å²) < 4.78 is 0. The molecule has 0 rings (SSSR count). The van der Waals surface area contributed by atoms with Crippen LogP contribution in [0.3, 0.4) is 0 Å². The van der Waals surface area contributed by atoms with Crippen LogP contribution in [-0.4, -0.2) is 13.0 Å². The highest BCUT2D eigenvalue weighted by Crippen LogP contribution is 0.879. The van der Waals surface area contributed by atoms with Crippen LogP contribution in [0.4, 0.5) is 0 Å². The van der Waals surface area contributed by atoms with Crippen molar-refractivity contribution in [3.8, 4) is 0 Å². The summed E-state index contributed by atoms with van der Waals surface area (Å²) in [6.45, 7) is 0.250. The zero-order chi connectivity index (χ0) is 5.41. The SMILES string of the molecule is C.C.C.C.N=CN.NCN. The van der Waals surface area contributed by atoms with Crippen molar-refractivity contribution in [2.75, 3.05) is 6.67 Å². The van der Waals surface area contributed by atoms with Gasteiger partial charge < -0.3 is 17.2 Å². The molecule has 0 aliphatic rings. The second-order valence-electron chi connectivity index (χ2n) is 0.402. The molecule has 70 valence electrons. The number of hydrogen-bond acceptors (Lipinski definition) is 3. The minimum absolute atomic E-state index is 0. The maximum atomic E-state index is 5.86. The van der Waals surface area contributed by atoms with Gasteiger partial charge in [-0.2, -0.15) is 0 Å². The molecule has 0 aromatic heterocycles. The van der Waals surface area contributed by atoms with E-state index in [0.29, 0.717) is 0 Å². The quantitative estimate of drug-likeness (QED) is 0.237. The van der Waals surface area contributed by atoms with E-state index in [1.165, 1.54) is 0 Å². The van der Waals surface area contributed by atoms with Crippen molar-refractivity contribution in [3.05, 3.63) is 0 Å². The summed E-state index contributed by atoms with van der Waals surface area (Å²) in [6, 6.07) is 0. The van der Waals surface area contributed by atoms with Gasteiger partial charge in [0.2, 0.25) is 0 Å². The van der Waals surface area contributed by atoms with E-state index in [2.05, 4.69) is 17.2 Å². The van der Waals surface area contributed by atoms with Gasteiger partial charge in [0.05, 0.1) is 6.34 Å². The summed E-state index contributed by atoms with van der Waals surface area (Å²) in [5.41, 5.74) is 13.6. The Morgan fingerprint density at radius 3 is 1.00 bits per heavy atom. The predicted octanol–water partition coefficient (Wildman–Crippen LogP) is 0.958. The van der Waals surface area contributed by atoms with E-state index in [0.717, 1.165) is 6.34 Å². The molecule has 0 aromatic rings. The van der Waals surface area contributed by atoms with E-state index >= 15 is 0 Å². The van der Waals surface area contributed by atoms with Crippen LogP contribution in [-0.2, 0) is 0 Å². The molecule has 0 spiro atoms. The van der Waals surface area contributed by atoms with Crippen molar-refractivity contribution in [1.29, 1.82) is 5.41 Å². The van der Waals surface area contributed by atoms with E-state index in [-0.39, 0.29) is 36.4 Å². The molecule has 7 N–H and O–H groups in total. The Bertz CT molecular complexity index is 23.7. The standard InChI is InChI=1S/CH6N2.CH4N2.4CH4/c2*2-1-3;;;;/h1-3H2;1H,(H3,2,3);4*1H4. The molecule has 0 radical (unpaired) electrons. The summed E-state index contributed by atoms with van der Waals surface area (Å²) >= 11 is 0. The van der Waals surface area contributed by atoms with Crippen LogP contribution < -0.4 is 17.2 Å². The number of rotatable bonds is 0. The molecular formula is C6H26N4. The largest absolute Gasteiger partial charge is 0.390 e. The van der Waals surface area contributed by atoms with Gasteiger partial charge in [-0.15, -0.1) is 0 Å². The fraction of sp³-hybridized carbons (Fsp3) is 0.833. The molecule has 0 amide bonds. The van der Waals surface area contributed by atoms with E-state index in [4.69, 9.17) is 5.41 Å².